The van der Waals surface area contributed by atoms with Crippen LogP contribution in [0.15, 0.2) is 60.7 Å². The van der Waals surface area contributed by atoms with Gasteiger partial charge in [-0.1, -0.05) is 36.4 Å². The molecule has 0 saturated heterocycles. The predicted octanol–water partition coefficient (Wildman–Crippen LogP) is 5.06. The summed E-state index contributed by atoms with van der Waals surface area (Å²) >= 11 is 0. The van der Waals surface area contributed by atoms with Crippen molar-refractivity contribution in [3.05, 3.63) is 94.0 Å². The van der Waals surface area contributed by atoms with Gasteiger partial charge in [0.2, 0.25) is 0 Å². The predicted molar refractivity (Wildman–Crippen MR) is 116 cm³/mol. The van der Waals surface area contributed by atoms with Gasteiger partial charge in [-0.15, -0.1) is 0 Å². The highest BCUT2D eigenvalue weighted by atomic mass is 16.5. The average Bonchev–Trinajstić information content (AvgIpc) is 2.78. The van der Waals surface area contributed by atoms with E-state index in [0.717, 1.165) is 34.4 Å². The first kappa shape index (κ1) is 18.4. The lowest BCUT2D eigenvalue weighted by Crippen LogP contribution is -2.08. The van der Waals surface area contributed by atoms with Gasteiger partial charge in [0, 0.05) is 0 Å². The van der Waals surface area contributed by atoms with Crippen LogP contribution in [0.3, 0.4) is 0 Å². The van der Waals surface area contributed by atoms with Crippen LogP contribution in [-0.2, 0) is 22.3 Å². The molecule has 1 aliphatic carbocycles. The van der Waals surface area contributed by atoms with E-state index in [4.69, 9.17) is 9.47 Å². The molecule has 4 aromatic rings. The zero-order chi connectivity index (χ0) is 20.8. The quantitative estimate of drug-likeness (QED) is 0.391. The number of hydrogen-bond acceptors (Lipinski definition) is 4. The molecule has 0 unspecified atom stereocenters. The number of esters is 2. The van der Waals surface area contributed by atoms with E-state index in [1.807, 2.05) is 24.3 Å². The smallest absolute Gasteiger partial charge is 0.337 e. The van der Waals surface area contributed by atoms with Gasteiger partial charge < -0.3 is 9.47 Å². The molecule has 0 amide bonds. The molecule has 148 valence electrons. The normalized spacial score (nSPS) is 12.3. The summed E-state index contributed by atoms with van der Waals surface area (Å²) in [5.41, 5.74) is 6.28. The molecule has 0 aliphatic heterocycles. The zero-order valence-corrected chi connectivity index (χ0v) is 16.8. The Bertz CT molecular complexity index is 1250. The Hall–Kier alpha value is -3.66. The van der Waals surface area contributed by atoms with Gasteiger partial charge in [-0.2, -0.15) is 0 Å². The van der Waals surface area contributed by atoms with Crippen LogP contribution >= 0.6 is 0 Å². The van der Waals surface area contributed by atoms with Crippen molar-refractivity contribution in [1.82, 2.24) is 0 Å². The van der Waals surface area contributed by atoms with Gasteiger partial charge in [-0.25, -0.2) is 9.59 Å². The van der Waals surface area contributed by atoms with Crippen molar-refractivity contribution in [2.24, 2.45) is 0 Å². The summed E-state index contributed by atoms with van der Waals surface area (Å²) < 4.78 is 9.70. The van der Waals surface area contributed by atoms with E-state index in [-0.39, 0.29) is 11.9 Å². The van der Waals surface area contributed by atoms with Crippen molar-refractivity contribution in [3.63, 3.8) is 0 Å². The van der Waals surface area contributed by atoms with E-state index in [9.17, 15) is 9.59 Å². The average molecular weight is 396 g/mol. The van der Waals surface area contributed by atoms with Crippen molar-refractivity contribution in [1.29, 1.82) is 0 Å². The molecular weight excluding hydrogens is 376 g/mol. The minimum absolute atomic E-state index is 0.322. The Morgan fingerprint density at radius 3 is 1.30 bits per heavy atom. The van der Waals surface area contributed by atoms with Crippen LogP contribution in [0.4, 0.5) is 0 Å². The molecule has 0 bridgehead atoms. The largest absolute Gasteiger partial charge is 0.465 e. The van der Waals surface area contributed by atoms with Gasteiger partial charge in [0.05, 0.1) is 25.3 Å². The molecule has 30 heavy (non-hydrogen) atoms. The second-order valence-corrected chi connectivity index (χ2v) is 7.70. The van der Waals surface area contributed by atoms with Gasteiger partial charge in [-0.3, -0.25) is 0 Å². The number of carbonyl (C=O) groups is 2. The van der Waals surface area contributed by atoms with Crippen LogP contribution in [0.25, 0.3) is 21.5 Å². The fourth-order valence-electron chi connectivity index (χ4n) is 4.34. The molecule has 0 heterocycles. The minimum Gasteiger partial charge on any atom is -0.465 e. The number of ether oxygens (including phenoxy) is 2. The van der Waals surface area contributed by atoms with E-state index in [0.29, 0.717) is 11.1 Å². The van der Waals surface area contributed by atoms with Gasteiger partial charge in [-0.05, 0) is 80.9 Å². The van der Waals surface area contributed by atoms with Crippen molar-refractivity contribution in [2.75, 3.05) is 14.2 Å². The summed E-state index contributed by atoms with van der Waals surface area (Å²) in [5.74, 6) is -0.643. The third-order valence-corrected chi connectivity index (χ3v) is 5.92. The van der Waals surface area contributed by atoms with Crippen LogP contribution in [0, 0.1) is 0 Å². The Morgan fingerprint density at radius 1 is 0.567 bits per heavy atom. The molecule has 0 N–H and O–H groups in total. The molecule has 0 atom stereocenters. The Morgan fingerprint density at radius 2 is 0.933 bits per heavy atom. The number of hydrogen-bond donors (Lipinski definition) is 0. The summed E-state index contributed by atoms with van der Waals surface area (Å²) in [6.45, 7) is 0. The van der Waals surface area contributed by atoms with E-state index in [1.165, 1.54) is 36.5 Å². The molecule has 0 aromatic heterocycles. The highest BCUT2D eigenvalue weighted by Gasteiger charge is 2.18. The van der Waals surface area contributed by atoms with Gasteiger partial charge in [0.25, 0.3) is 0 Å². The number of methoxy groups -OCH3 is 2. The number of carbonyl (C=O) groups excluding carboxylic acids is 2. The van der Waals surface area contributed by atoms with Crippen molar-refractivity contribution in [2.45, 2.75) is 12.8 Å². The van der Waals surface area contributed by atoms with Crippen LogP contribution in [0.1, 0.15) is 43.0 Å². The molecule has 4 aromatic carbocycles. The highest BCUT2D eigenvalue weighted by molar-refractivity contribution is 5.97. The molecule has 1 aliphatic rings. The van der Waals surface area contributed by atoms with Crippen molar-refractivity contribution >= 4 is 33.5 Å². The Balaban J connectivity index is 1.57. The SMILES string of the molecule is COC(=O)c1ccc2cc3c(cc2c1)Cc1cc2ccc(C(=O)OC)cc2cc1C3. The zero-order valence-electron chi connectivity index (χ0n) is 16.8. The second kappa shape index (κ2) is 6.99. The summed E-state index contributed by atoms with van der Waals surface area (Å²) in [4.78, 5) is 23.7. The van der Waals surface area contributed by atoms with Crippen molar-refractivity contribution < 1.29 is 19.1 Å². The second-order valence-electron chi connectivity index (χ2n) is 7.70. The van der Waals surface area contributed by atoms with Crippen LogP contribution in [-0.4, -0.2) is 26.2 Å². The number of benzene rings is 4. The maximum atomic E-state index is 11.9. The van der Waals surface area contributed by atoms with Crippen LogP contribution in [0.5, 0.6) is 0 Å². The minimum atomic E-state index is -0.322. The number of rotatable bonds is 2. The molecule has 0 fully saturated rings. The first-order valence-electron chi connectivity index (χ1n) is 9.83. The maximum absolute atomic E-state index is 11.9. The van der Waals surface area contributed by atoms with Crippen molar-refractivity contribution in [3.8, 4) is 0 Å². The first-order valence-corrected chi connectivity index (χ1v) is 9.83. The maximum Gasteiger partial charge on any atom is 0.337 e. The van der Waals surface area contributed by atoms with Gasteiger partial charge in [0.15, 0.2) is 0 Å². The fraction of sp³-hybridized carbons (Fsp3) is 0.154. The molecule has 0 spiro atoms. The fourth-order valence-corrected chi connectivity index (χ4v) is 4.34. The summed E-state index contributed by atoms with van der Waals surface area (Å²) in [7, 11) is 2.80. The monoisotopic (exact) mass is 396 g/mol. The van der Waals surface area contributed by atoms with Gasteiger partial charge in [0.1, 0.15) is 0 Å². The summed E-state index contributed by atoms with van der Waals surface area (Å²) in [6, 6.07) is 20.1. The van der Waals surface area contributed by atoms with E-state index < -0.39 is 0 Å². The lowest BCUT2D eigenvalue weighted by Gasteiger charge is -2.21. The van der Waals surface area contributed by atoms with Gasteiger partial charge >= 0.3 is 11.9 Å². The Kier molecular flexibility index (Phi) is 4.28. The Labute approximate surface area is 174 Å². The molecule has 5 rings (SSSR count). The van der Waals surface area contributed by atoms with E-state index in [1.54, 1.807) is 12.1 Å². The molecular formula is C26H20O4. The molecule has 0 radical (unpaired) electrons. The number of fused-ring (bicyclic) bond motifs is 4. The summed E-state index contributed by atoms with van der Waals surface area (Å²) in [5, 5.41) is 4.31. The third kappa shape index (κ3) is 3.01. The standard InChI is InChI=1S/C26H20O4/c1-29-25(27)17-5-3-15-7-21-14-24-12-20-10-18(26(28)30-2)6-4-16(20)8-22(24)13-23(21)11-19(15)9-17/h3-12H,13-14H2,1-2H3. The lowest BCUT2D eigenvalue weighted by molar-refractivity contribution is 0.0592. The molecule has 0 saturated carbocycles. The topological polar surface area (TPSA) is 52.6 Å². The van der Waals surface area contributed by atoms with E-state index >= 15 is 0 Å². The first-order chi connectivity index (χ1) is 14.6. The molecule has 4 heteroatoms. The van der Waals surface area contributed by atoms with E-state index in [2.05, 4.69) is 24.3 Å². The van der Waals surface area contributed by atoms with Crippen LogP contribution in [0.2, 0.25) is 0 Å². The molecule has 4 nitrogen and oxygen atoms in total. The lowest BCUT2D eigenvalue weighted by atomic mass is 9.83. The highest BCUT2D eigenvalue weighted by Crippen LogP contribution is 2.33. The van der Waals surface area contributed by atoms with Crippen LogP contribution < -0.4 is 0 Å². The third-order valence-electron chi connectivity index (χ3n) is 5.92. The summed E-state index contributed by atoms with van der Waals surface area (Å²) in [6.07, 6.45) is 1.69.